The minimum absolute atomic E-state index is 0.562. The SMILES string of the molecule is CCc1ccc(CCl)c(-c2cc(C)ccc2C)c1. The van der Waals surface area contributed by atoms with Crippen molar-refractivity contribution in [3.05, 3.63) is 58.7 Å². The summed E-state index contributed by atoms with van der Waals surface area (Å²) in [5, 5.41) is 0. The first-order chi connectivity index (χ1) is 8.65. The van der Waals surface area contributed by atoms with Crippen LogP contribution in [-0.2, 0) is 12.3 Å². The van der Waals surface area contributed by atoms with Crippen molar-refractivity contribution in [1.29, 1.82) is 0 Å². The Morgan fingerprint density at radius 2 is 1.72 bits per heavy atom. The lowest BCUT2D eigenvalue weighted by molar-refractivity contribution is 1.13. The molecule has 0 N–H and O–H groups in total. The van der Waals surface area contributed by atoms with E-state index in [2.05, 4.69) is 57.2 Å². The molecular formula is C17H19Cl. The summed E-state index contributed by atoms with van der Waals surface area (Å²) in [5.74, 6) is 0.562. The van der Waals surface area contributed by atoms with Crippen LogP contribution in [0.15, 0.2) is 36.4 Å². The van der Waals surface area contributed by atoms with Crippen LogP contribution >= 0.6 is 11.6 Å². The zero-order valence-electron chi connectivity index (χ0n) is 11.3. The fourth-order valence-corrected chi connectivity index (χ4v) is 2.47. The van der Waals surface area contributed by atoms with Gasteiger partial charge < -0.3 is 0 Å². The highest BCUT2D eigenvalue weighted by atomic mass is 35.5. The van der Waals surface area contributed by atoms with E-state index in [0.717, 1.165) is 6.42 Å². The molecule has 0 nitrogen and oxygen atoms in total. The van der Waals surface area contributed by atoms with Crippen molar-refractivity contribution in [1.82, 2.24) is 0 Å². The van der Waals surface area contributed by atoms with Gasteiger partial charge in [-0.15, -0.1) is 11.6 Å². The minimum Gasteiger partial charge on any atom is -0.122 e. The third-order valence-electron chi connectivity index (χ3n) is 3.41. The lowest BCUT2D eigenvalue weighted by Gasteiger charge is -2.13. The van der Waals surface area contributed by atoms with Gasteiger partial charge in [-0.1, -0.05) is 48.9 Å². The molecule has 0 spiro atoms. The molecule has 18 heavy (non-hydrogen) atoms. The topological polar surface area (TPSA) is 0 Å². The number of benzene rings is 2. The Labute approximate surface area is 115 Å². The van der Waals surface area contributed by atoms with E-state index in [9.17, 15) is 0 Å². The van der Waals surface area contributed by atoms with Gasteiger partial charge in [-0.05, 0) is 48.1 Å². The first-order valence-corrected chi connectivity index (χ1v) is 6.94. The summed E-state index contributed by atoms with van der Waals surface area (Å²) < 4.78 is 0. The van der Waals surface area contributed by atoms with Crippen LogP contribution in [0, 0.1) is 13.8 Å². The lowest BCUT2D eigenvalue weighted by atomic mass is 9.93. The predicted molar refractivity (Wildman–Crippen MR) is 80.3 cm³/mol. The minimum atomic E-state index is 0.562. The van der Waals surface area contributed by atoms with E-state index >= 15 is 0 Å². The fourth-order valence-electron chi connectivity index (χ4n) is 2.24. The van der Waals surface area contributed by atoms with Gasteiger partial charge >= 0.3 is 0 Å². The molecule has 2 aromatic carbocycles. The van der Waals surface area contributed by atoms with Crippen molar-refractivity contribution in [3.63, 3.8) is 0 Å². The summed E-state index contributed by atoms with van der Waals surface area (Å²) in [4.78, 5) is 0. The van der Waals surface area contributed by atoms with E-state index in [1.807, 2.05) is 0 Å². The molecule has 2 rings (SSSR count). The Hall–Kier alpha value is -1.27. The number of rotatable bonds is 3. The number of hydrogen-bond donors (Lipinski definition) is 0. The highest BCUT2D eigenvalue weighted by Crippen LogP contribution is 2.30. The van der Waals surface area contributed by atoms with Crippen molar-refractivity contribution in [3.8, 4) is 11.1 Å². The summed E-state index contributed by atoms with van der Waals surface area (Å²) in [6.45, 7) is 6.47. The molecule has 94 valence electrons. The van der Waals surface area contributed by atoms with E-state index < -0.39 is 0 Å². The Morgan fingerprint density at radius 3 is 2.39 bits per heavy atom. The zero-order chi connectivity index (χ0) is 13.1. The van der Waals surface area contributed by atoms with Crippen molar-refractivity contribution in [2.24, 2.45) is 0 Å². The molecule has 2 aromatic rings. The van der Waals surface area contributed by atoms with Crippen molar-refractivity contribution < 1.29 is 0 Å². The molecule has 0 bridgehead atoms. The molecule has 0 heterocycles. The van der Waals surface area contributed by atoms with Gasteiger partial charge in [-0.2, -0.15) is 0 Å². The average Bonchev–Trinajstić information content (AvgIpc) is 2.40. The van der Waals surface area contributed by atoms with Crippen LogP contribution < -0.4 is 0 Å². The fraction of sp³-hybridized carbons (Fsp3) is 0.294. The Balaban J connectivity index is 2.64. The van der Waals surface area contributed by atoms with Crippen molar-refractivity contribution >= 4 is 11.6 Å². The van der Waals surface area contributed by atoms with Crippen LogP contribution in [0.5, 0.6) is 0 Å². The van der Waals surface area contributed by atoms with Gasteiger partial charge in [0.1, 0.15) is 0 Å². The molecule has 0 saturated carbocycles. The molecule has 0 atom stereocenters. The molecule has 0 amide bonds. The number of alkyl halides is 1. The quantitative estimate of drug-likeness (QED) is 0.658. The Kier molecular flexibility index (Phi) is 4.08. The van der Waals surface area contributed by atoms with Gasteiger partial charge in [0.2, 0.25) is 0 Å². The van der Waals surface area contributed by atoms with Crippen molar-refractivity contribution in [2.75, 3.05) is 0 Å². The summed E-state index contributed by atoms with van der Waals surface area (Å²) in [5.41, 5.74) is 7.76. The van der Waals surface area contributed by atoms with Crippen LogP contribution in [0.1, 0.15) is 29.2 Å². The van der Waals surface area contributed by atoms with E-state index in [0.29, 0.717) is 5.88 Å². The van der Waals surface area contributed by atoms with Gasteiger partial charge in [-0.25, -0.2) is 0 Å². The highest BCUT2D eigenvalue weighted by Gasteiger charge is 2.08. The Bertz CT molecular complexity index is 556. The summed E-state index contributed by atoms with van der Waals surface area (Å²) >= 11 is 6.07. The molecule has 0 radical (unpaired) electrons. The normalized spacial score (nSPS) is 10.7. The molecule has 0 aliphatic heterocycles. The van der Waals surface area contributed by atoms with Crippen LogP contribution in [0.4, 0.5) is 0 Å². The van der Waals surface area contributed by atoms with Gasteiger partial charge in [0.05, 0.1) is 0 Å². The third kappa shape index (κ3) is 2.59. The van der Waals surface area contributed by atoms with E-state index in [-0.39, 0.29) is 0 Å². The zero-order valence-corrected chi connectivity index (χ0v) is 12.0. The highest BCUT2D eigenvalue weighted by molar-refractivity contribution is 6.17. The van der Waals surface area contributed by atoms with Crippen LogP contribution in [0.3, 0.4) is 0 Å². The largest absolute Gasteiger partial charge is 0.122 e. The molecule has 0 fully saturated rings. The summed E-state index contributed by atoms with van der Waals surface area (Å²) in [6.07, 6.45) is 1.06. The second-order valence-corrected chi connectivity index (χ2v) is 5.06. The van der Waals surface area contributed by atoms with Crippen LogP contribution in [0.25, 0.3) is 11.1 Å². The van der Waals surface area contributed by atoms with Gasteiger partial charge in [0, 0.05) is 5.88 Å². The summed E-state index contributed by atoms with van der Waals surface area (Å²) in [6, 6.07) is 13.2. The second kappa shape index (κ2) is 5.58. The lowest BCUT2D eigenvalue weighted by Crippen LogP contribution is -1.92. The van der Waals surface area contributed by atoms with Gasteiger partial charge in [0.15, 0.2) is 0 Å². The number of halogens is 1. The van der Waals surface area contributed by atoms with Crippen LogP contribution in [0.2, 0.25) is 0 Å². The van der Waals surface area contributed by atoms with E-state index in [4.69, 9.17) is 11.6 Å². The van der Waals surface area contributed by atoms with E-state index in [1.54, 1.807) is 0 Å². The number of aryl methyl sites for hydroxylation is 3. The average molecular weight is 259 g/mol. The molecule has 0 aliphatic rings. The molecule has 0 aliphatic carbocycles. The maximum Gasteiger partial charge on any atom is 0.0480 e. The molecule has 0 saturated heterocycles. The Morgan fingerprint density at radius 1 is 0.944 bits per heavy atom. The third-order valence-corrected chi connectivity index (χ3v) is 3.70. The standard InChI is InChI=1S/C17H19Cl/c1-4-14-7-8-15(11-18)17(10-14)16-9-12(2)5-6-13(16)3/h5-10H,4,11H2,1-3H3. The molecular weight excluding hydrogens is 240 g/mol. The van der Waals surface area contributed by atoms with Crippen molar-refractivity contribution in [2.45, 2.75) is 33.1 Å². The van der Waals surface area contributed by atoms with Crippen LogP contribution in [-0.4, -0.2) is 0 Å². The molecule has 1 heteroatoms. The maximum absolute atomic E-state index is 6.07. The summed E-state index contributed by atoms with van der Waals surface area (Å²) in [7, 11) is 0. The maximum atomic E-state index is 6.07. The molecule has 0 aromatic heterocycles. The monoisotopic (exact) mass is 258 g/mol. The first kappa shape index (κ1) is 13.2. The first-order valence-electron chi connectivity index (χ1n) is 6.41. The second-order valence-electron chi connectivity index (χ2n) is 4.80. The molecule has 0 unspecified atom stereocenters. The van der Waals surface area contributed by atoms with Gasteiger partial charge in [0.25, 0.3) is 0 Å². The van der Waals surface area contributed by atoms with E-state index in [1.165, 1.54) is 33.4 Å². The smallest absolute Gasteiger partial charge is 0.0480 e. The van der Waals surface area contributed by atoms with Gasteiger partial charge in [-0.3, -0.25) is 0 Å². The number of hydrogen-bond acceptors (Lipinski definition) is 0. The predicted octanol–water partition coefficient (Wildman–Crippen LogP) is 5.27.